The molecule has 29 heavy (non-hydrogen) atoms. The van der Waals surface area contributed by atoms with Gasteiger partial charge in [0.2, 0.25) is 5.91 Å². The van der Waals surface area contributed by atoms with Crippen molar-refractivity contribution in [1.82, 2.24) is 19.7 Å². The number of halogens is 2. The van der Waals surface area contributed by atoms with Crippen molar-refractivity contribution in [2.24, 2.45) is 5.73 Å². The minimum absolute atomic E-state index is 0.0702. The van der Waals surface area contributed by atoms with Crippen LogP contribution in [0, 0.1) is 0 Å². The van der Waals surface area contributed by atoms with Crippen LogP contribution in [0.15, 0.2) is 24.5 Å². The van der Waals surface area contributed by atoms with Crippen molar-refractivity contribution >= 4 is 23.3 Å². The zero-order valence-corrected chi connectivity index (χ0v) is 15.8. The van der Waals surface area contributed by atoms with Crippen LogP contribution in [0.25, 0.3) is 0 Å². The predicted molar refractivity (Wildman–Crippen MR) is 100 cm³/mol. The minimum atomic E-state index is -2.72. The van der Waals surface area contributed by atoms with E-state index in [-0.39, 0.29) is 36.6 Å². The van der Waals surface area contributed by atoms with Crippen molar-refractivity contribution < 1.29 is 18.4 Å². The second kappa shape index (κ2) is 7.39. The van der Waals surface area contributed by atoms with E-state index in [1.165, 1.54) is 12.3 Å². The van der Waals surface area contributed by atoms with Crippen molar-refractivity contribution in [2.45, 2.75) is 44.9 Å². The number of carbonyl (C=O) groups excluding carboxylic acids is 2. The molecule has 1 unspecified atom stereocenters. The molecule has 4 rings (SSSR count). The second-order valence-electron chi connectivity index (χ2n) is 7.30. The highest BCUT2D eigenvalue weighted by Crippen LogP contribution is 2.30. The van der Waals surface area contributed by atoms with Crippen molar-refractivity contribution in [1.29, 1.82) is 0 Å². The molecule has 2 aromatic rings. The SMILES string of the molecule is C[C@H]1Cn2ncc(N3CC(N)CC3=O)c2CN1C(=O)Nc1ccnc(C(F)F)c1. The van der Waals surface area contributed by atoms with Crippen LogP contribution in [0.4, 0.5) is 25.0 Å². The molecule has 154 valence electrons. The van der Waals surface area contributed by atoms with Crippen molar-refractivity contribution in [3.05, 3.63) is 35.9 Å². The maximum Gasteiger partial charge on any atom is 0.322 e. The average Bonchev–Trinajstić information content (AvgIpc) is 3.22. The van der Waals surface area contributed by atoms with Gasteiger partial charge in [-0.2, -0.15) is 5.10 Å². The number of alkyl halides is 2. The summed E-state index contributed by atoms with van der Waals surface area (Å²) in [5, 5.41) is 7.00. The zero-order chi connectivity index (χ0) is 20.7. The van der Waals surface area contributed by atoms with Crippen molar-refractivity contribution in [3.8, 4) is 0 Å². The Morgan fingerprint density at radius 3 is 2.86 bits per heavy atom. The van der Waals surface area contributed by atoms with Gasteiger partial charge < -0.3 is 20.9 Å². The first kappa shape index (κ1) is 19.2. The third-order valence-corrected chi connectivity index (χ3v) is 5.18. The van der Waals surface area contributed by atoms with E-state index in [1.54, 1.807) is 20.7 Å². The van der Waals surface area contributed by atoms with Gasteiger partial charge in [0.15, 0.2) is 0 Å². The number of nitrogens with one attached hydrogen (secondary N) is 1. The summed E-state index contributed by atoms with van der Waals surface area (Å²) in [5.74, 6) is -0.0702. The number of anilines is 2. The molecule has 3 amide bonds. The molecular weight excluding hydrogens is 384 g/mol. The lowest BCUT2D eigenvalue weighted by Gasteiger charge is -2.35. The molecule has 0 spiro atoms. The van der Waals surface area contributed by atoms with Gasteiger partial charge in [0.25, 0.3) is 6.43 Å². The van der Waals surface area contributed by atoms with E-state index in [2.05, 4.69) is 15.4 Å². The van der Waals surface area contributed by atoms with Gasteiger partial charge in [-0.05, 0) is 19.1 Å². The first-order chi connectivity index (χ1) is 13.8. The first-order valence-corrected chi connectivity index (χ1v) is 9.26. The van der Waals surface area contributed by atoms with Crippen LogP contribution in [0.1, 0.15) is 31.2 Å². The fourth-order valence-corrected chi connectivity index (χ4v) is 3.69. The minimum Gasteiger partial charge on any atom is -0.326 e. The van der Waals surface area contributed by atoms with E-state index < -0.39 is 18.2 Å². The number of pyridine rings is 1. The summed E-state index contributed by atoms with van der Waals surface area (Å²) < 4.78 is 27.5. The molecule has 0 aliphatic carbocycles. The number of aromatic nitrogens is 3. The average molecular weight is 405 g/mol. The van der Waals surface area contributed by atoms with Gasteiger partial charge >= 0.3 is 6.03 Å². The number of fused-ring (bicyclic) bond motifs is 1. The van der Waals surface area contributed by atoms with Crippen LogP contribution in [0.3, 0.4) is 0 Å². The molecule has 9 nitrogen and oxygen atoms in total. The standard InChI is InChI=1S/C18H21F2N7O2/c1-10-7-27-15(14(6-23-27)26-8-11(21)4-16(26)28)9-25(10)18(29)24-12-2-3-22-13(5-12)17(19)20/h2-3,5-6,10-11,17H,4,7-9,21H2,1H3,(H,22,24,29)/t10-,11?/m0/s1. The normalized spacial score (nSPS) is 21.6. The number of hydrogen-bond acceptors (Lipinski definition) is 5. The molecule has 0 radical (unpaired) electrons. The number of carbonyl (C=O) groups is 2. The number of hydrogen-bond donors (Lipinski definition) is 2. The Kier molecular flexibility index (Phi) is 4.91. The molecule has 0 bridgehead atoms. The van der Waals surface area contributed by atoms with Gasteiger partial charge in [0.1, 0.15) is 5.69 Å². The molecule has 0 saturated carbocycles. The number of urea groups is 1. The molecule has 11 heteroatoms. The second-order valence-corrected chi connectivity index (χ2v) is 7.30. The van der Waals surface area contributed by atoms with E-state index in [4.69, 9.17) is 5.73 Å². The summed E-state index contributed by atoms with van der Waals surface area (Å²) in [6.07, 6.45) is 0.408. The predicted octanol–water partition coefficient (Wildman–Crippen LogP) is 1.72. The molecule has 2 aromatic heterocycles. The summed E-state index contributed by atoms with van der Waals surface area (Å²) in [6, 6.07) is 1.78. The van der Waals surface area contributed by atoms with Crippen LogP contribution in [0.2, 0.25) is 0 Å². The summed E-state index contributed by atoms with van der Waals surface area (Å²) >= 11 is 0. The quantitative estimate of drug-likeness (QED) is 0.808. The van der Waals surface area contributed by atoms with E-state index >= 15 is 0 Å². The maximum absolute atomic E-state index is 12.8. The van der Waals surface area contributed by atoms with Crippen LogP contribution in [-0.2, 0) is 17.9 Å². The summed E-state index contributed by atoms with van der Waals surface area (Å²) in [6.45, 7) is 2.97. The maximum atomic E-state index is 12.8. The summed E-state index contributed by atoms with van der Waals surface area (Å²) in [4.78, 5) is 31.8. The molecular formula is C18H21F2N7O2. The lowest BCUT2D eigenvalue weighted by molar-refractivity contribution is -0.117. The Morgan fingerprint density at radius 1 is 1.38 bits per heavy atom. The Bertz CT molecular complexity index is 948. The van der Waals surface area contributed by atoms with E-state index in [9.17, 15) is 18.4 Å². The lowest BCUT2D eigenvalue weighted by atomic mass is 10.2. The zero-order valence-electron chi connectivity index (χ0n) is 15.8. The van der Waals surface area contributed by atoms with Gasteiger partial charge in [-0.25, -0.2) is 13.6 Å². The van der Waals surface area contributed by atoms with Gasteiger partial charge in [0.05, 0.1) is 36.7 Å². The Labute approximate surface area is 165 Å². The molecule has 2 atom stereocenters. The molecule has 4 heterocycles. The highest BCUT2D eigenvalue weighted by atomic mass is 19.3. The van der Waals surface area contributed by atoms with Gasteiger partial charge in [-0.15, -0.1) is 0 Å². The van der Waals surface area contributed by atoms with Gasteiger partial charge in [0, 0.05) is 30.9 Å². The monoisotopic (exact) mass is 405 g/mol. The third kappa shape index (κ3) is 3.65. The highest BCUT2D eigenvalue weighted by molar-refractivity contribution is 5.97. The van der Waals surface area contributed by atoms with Crippen LogP contribution in [0.5, 0.6) is 0 Å². The number of amides is 3. The van der Waals surface area contributed by atoms with Gasteiger partial charge in [-0.3, -0.25) is 14.5 Å². The van der Waals surface area contributed by atoms with Crippen molar-refractivity contribution in [2.75, 3.05) is 16.8 Å². The van der Waals surface area contributed by atoms with Gasteiger partial charge in [-0.1, -0.05) is 0 Å². The largest absolute Gasteiger partial charge is 0.326 e. The Balaban J connectivity index is 1.54. The topological polar surface area (TPSA) is 109 Å². The number of rotatable bonds is 3. The molecule has 1 saturated heterocycles. The first-order valence-electron chi connectivity index (χ1n) is 9.26. The fraction of sp³-hybridized carbons (Fsp3) is 0.444. The molecule has 1 fully saturated rings. The lowest BCUT2D eigenvalue weighted by Crippen LogP contribution is -2.47. The Hall–Kier alpha value is -3.08. The smallest absolute Gasteiger partial charge is 0.322 e. The number of nitrogens with two attached hydrogens (primary N) is 1. The Morgan fingerprint density at radius 2 is 2.17 bits per heavy atom. The summed E-state index contributed by atoms with van der Waals surface area (Å²) in [5.41, 5.74) is 7.12. The molecule has 2 aliphatic rings. The fourth-order valence-electron chi connectivity index (χ4n) is 3.69. The number of nitrogens with zero attached hydrogens (tertiary/aromatic N) is 5. The van der Waals surface area contributed by atoms with Crippen LogP contribution < -0.4 is 16.0 Å². The molecule has 3 N–H and O–H groups in total. The highest BCUT2D eigenvalue weighted by Gasteiger charge is 2.35. The molecule has 2 aliphatic heterocycles. The van der Waals surface area contributed by atoms with E-state index in [0.717, 1.165) is 11.8 Å². The summed E-state index contributed by atoms with van der Waals surface area (Å²) in [7, 11) is 0. The third-order valence-electron chi connectivity index (χ3n) is 5.18. The van der Waals surface area contributed by atoms with E-state index in [0.29, 0.717) is 18.8 Å². The van der Waals surface area contributed by atoms with Crippen LogP contribution in [-0.4, -0.2) is 50.2 Å². The van der Waals surface area contributed by atoms with Crippen molar-refractivity contribution in [3.63, 3.8) is 0 Å². The molecule has 0 aromatic carbocycles. The van der Waals surface area contributed by atoms with E-state index in [1.807, 2.05) is 6.92 Å². The van der Waals surface area contributed by atoms with Crippen LogP contribution >= 0.6 is 0 Å².